The summed E-state index contributed by atoms with van der Waals surface area (Å²) in [6.45, 7) is 0. The standard InChI is InChI=1S/C18H15F4N7/c19-14-9-11(7-8-23-14)25-17-28-15(27-16(29-17)24-10-3-1-4-10)12-5-2-6-13(26-12)18(20,21)22/h2,5-10H,1,3-4H2,(H2,23,24,25,27,28,29). The van der Waals surface area contributed by atoms with Crippen LogP contribution in [0.2, 0.25) is 0 Å². The van der Waals surface area contributed by atoms with Crippen LogP contribution in [0.3, 0.4) is 0 Å². The lowest BCUT2D eigenvalue weighted by Gasteiger charge is -2.26. The number of aromatic nitrogens is 5. The lowest BCUT2D eigenvalue weighted by molar-refractivity contribution is -0.141. The van der Waals surface area contributed by atoms with Crippen LogP contribution < -0.4 is 10.6 Å². The molecule has 3 aromatic heterocycles. The molecule has 2 N–H and O–H groups in total. The van der Waals surface area contributed by atoms with Crippen molar-refractivity contribution < 1.29 is 17.6 Å². The fourth-order valence-electron chi connectivity index (χ4n) is 2.67. The van der Waals surface area contributed by atoms with Crippen LogP contribution in [-0.4, -0.2) is 31.0 Å². The molecule has 3 aromatic rings. The van der Waals surface area contributed by atoms with Gasteiger partial charge in [0, 0.05) is 24.0 Å². The summed E-state index contributed by atoms with van der Waals surface area (Å²) in [5.74, 6) is -0.487. The zero-order valence-electron chi connectivity index (χ0n) is 14.9. The van der Waals surface area contributed by atoms with Crippen molar-refractivity contribution in [1.29, 1.82) is 0 Å². The van der Waals surface area contributed by atoms with Crippen LogP contribution in [0.1, 0.15) is 25.0 Å². The third-order valence-electron chi connectivity index (χ3n) is 4.33. The first-order valence-electron chi connectivity index (χ1n) is 8.83. The van der Waals surface area contributed by atoms with Crippen LogP contribution in [0.5, 0.6) is 0 Å². The maximum atomic E-state index is 13.3. The van der Waals surface area contributed by atoms with Crippen molar-refractivity contribution in [1.82, 2.24) is 24.9 Å². The van der Waals surface area contributed by atoms with Gasteiger partial charge in [-0.3, -0.25) is 0 Å². The molecule has 0 saturated heterocycles. The van der Waals surface area contributed by atoms with Gasteiger partial charge in [0.1, 0.15) is 11.4 Å². The molecule has 3 heterocycles. The second-order valence-corrected chi connectivity index (χ2v) is 6.48. The van der Waals surface area contributed by atoms with E-state index in [1.165, 1.54) is 24.4 Å². The van der Waals surface area contributed by atoms with Gasteiger partial charge in [-0.25, -0.2) is 9.97 Å². The highest BCUT2D eigenvalue weighted by Gasteiger charge is 2.32. The van der Waals surface area contributed by atoms with E-state index in [1.54, 1.807) is 0 Å². The van der Waals surface area contributed by atoms with E-state index < -0.39 is 17.8 Å². The first-order chi connectivity index (χ1) is 13.9. The molecule has 0 bridgehead atoms. The van der Waals surface area contributed by atoms with Gasteiger partial charge in [0.15, 0.2) is 5.82 Å². The summed E-state index contributed by atoms with van der Waals surface area (Å²) in [6.07, 6.45) is -0.359. The average molecular weight is 405 g/mol. The molecule has 7 nitrogen and oxygen atoms in total. The normalized spacial score (nSPS) is 14.3. The molecular weight excluding hydrogens is 390 g/mol. The van der Waals surface area contributed by atoms with Crippen molar-refractivity contribution in [2.45, 2.75) is 31.5 Å². The van der Waals surface area contributed by atoms with Gasteiger partial charge in [-0.15, -0.1) is 0 Å². The zero-order chi connectivity index (χ0) is 20.4. The second kappa shape index (κ2) is 7.57. The van der Waals surface area contributed by atoms with Crippen LogP contribution in [0.25, 0.3) is 11.5 Å². The highest BCUT2D eigenvalue weighted by atomic mass is 19.4. The van der Waals surface area contributed by atoms with Gasteiger partial charge in [0.2, 0.25) is 17.8 Å². The van der Waals surface area contributed by atoms with Gasteiger partial charge in [-0.1, -0.05) is 6.07 Å². The summed E-state index contributed by atoms with van der Waals surface area (Å²) < 4.78 is 52.4. The third kappa shape index (κ3) is 4.55. The highest BCUT2D eigenvalue weighted by molar-refractivity contribution is 5.58. The van der Waals surface area contributed by atoms with Gasteiger partial charge >= 0.3 is 6.18 Å². The molecule has 29 heavy (non-hydrogen) atoms. The van der Waals surface area contributed by atoms with Gasteiger partial charge in [0.05, 0.1) is 0 Å². The SMILES string of the molecule is Fc1cc(Nc2nc(NC3CCC3)nc(-c3cccc(C(F)(F)F)n3)n2)ccn1. The van der Waals surface area contributed by atoms with E-state index in [-0.39, 0.29) is 29.5 Å². The van der Waals surface area contributed by atoms with E-state index in [1.807, 2.05) is 0 Å². The predicted molar refractivity (Wildman–Crippen MR) is 96.8 cm³/mol. The lowest BCUT2D eigenvalue weighted by Crippen LogP contribution is -2.28. The molecule has 1 aliphatic carbocycles. The van der Waals surface area contributed by atoms with Gasteiger partial charge in [-0.2, -0.15) is 32.5 Å². The zero-order valence-corrected chi connectivity index (χ0v) is 14.9. The molecule has 150 valence electrons. The Balaban J connectivity index is 1.71. The first-order valence-corrected chi connectivity index (χ1v) is 8.83. The van der Waals surface area contributed by atoms with Crippen LogP contribution in [0.15, 0.2) is 36.5 Å². The average Bonchev–Trinajstić information content (AvgIpc) is 2.64. The van der Waals surface area contributed by atoms with Gasteiger partial charge < -0.3 is 10.6 Å². The molecule has 0 radical (unpaired) electrons. The Bertz CT molecular complexity index is 1020. The molecule has 0 unspecified atom stereocenters. The molecule has 1 aliphatic rings. The summed E-state index contributed by atoms with van der Waals surface area (Å²) in [5, 5.41) is 5.95. The maximum absolute atomic E-state index is 13.3. The van der Waals surface area contributed by atoms with Crippen molar-refractivity contribution in [3.8, 4) is 11.5 Å². The Morgan fingerprint density at radius 1 is 0.966 bits per heavy atom. The van der Waals surface area contributed by atoms with Crippen LogP contribution in [0, 0.1) is 5.95 Å². The number of pyridine rings is 2. The Kier molecular flexibility index (Phi) is 4.95. The fraction of sp³-hybridized carbons (Fsp3) is 0.278. The molecule has 0 spiro atoms. The summed E-state index contributed by atoms with van der Waals surface area (Å²) >= 11 is 0. The summed E-state index contributed by atoms with van der Waals surface area (Å²) in [7, 11) is 0. The topological polar surface area (TPSA) is 88.5 Å². The molecule has 1 saturated carbocycles. The molecule has 1 fully saturated rings. The number of hydrogen-bond donors (Lipinski definition) is 2. The largest absolute Gasteiger partial charge is 0.433 e. The second-order valence-electron chi connectivity index (χ2n) is 6.48. The molecule has 0 amide bonds. The number of rotatable bonds is 5. The van der Waals surface area contributed by atoms with Crippen LogP contribution in [-0.2, 0) is 6.18 Å². The Hall–Kier alpha value is -3.37. The van der Waals surface area contributed by atoms with Crippen molar-refractivity contribution >= 4 is 17.6 Å². The minimum atomic E-state index is -4.59. The lowest BCUT2D eigenvalue weighted by atomic mass is 9.93. The monoisotopic (exact) mass is 405 g/mol. The molecule has 11 heteroatoms. The minimum Gasteiger partial charge on any atom is -0.351 e. The maximum Gasteiger partial charge on any atom is 0.433 e. The quantitative estimate of drug-likeness (QED) is 0.486. The van der Waals surface area contributed by atoms with Crippen LogP contribution >= 0.6 is 0 Å². The number of anilines is 3. The van der Waals surface area contributed by atoms with E-state index in [0.717, 1.165) is 31.4 Å². The van der Waals surface area contributed by atoms with Crippen molar-refractivity contribution in [2.24, 2.45) is 0 Å². The Morgan fingerprint density at radius 3 is 2.45 bits per heavy atom. The van der Waals surface area contributed by atoms with Crippen molar-refractivity contribution in [2.75, 3.05) is 10.6 Å². The minimum absolute atomic E-state index is 0.0371. The summed E-state index contributed by atoms with van der Waals surface area (Å²) in [6, 6.07) is 6.33. The van der Waals surface area contributed by atoms with E-state index >= 15 is 0 Å². The molecule has 4 rings (SSSR count). The number of alkyl halides is 3. The number of hydrogen-bond acceptors (Lipinski definition) is 7. The van der Waals surface area contributed by atoms with E-state index in [0.29, 0.717) is 5.69 Å². The summed E-state index contributed by atoms with van der Waals surface area (Å²) in [5.41, 5.74) is -0.765. The van der Waals surface area contributed by atoms with Gasteiger partial charge in [0.25, 0.3) is 0 Å². The van der Waals surface area contributed by atoms with Gasteiger partial charge in [-0.05, 0) is 37.5 Å². The number of halogens is 4. The predicted octanol–water partition coefficient (Wildman–Crippen LogP) is 4.19. The Morgan fingerprint density at radius 2 is 1.76 bits per heavy atom. The van der Waals surface area contributed by atoms with Crippen molar-refractivity contribution in [3.05, 3.63) is 48.2 Å². The summed E-state index contributed by atoms with van der Waals surface area (Å²) in [4.78, 5) is 19.7. The fourth-order valence-corrected chi connectivity index (χ4v) is 2.67. The molecule has 0 atom stereocenters. The van der Waals surface area contributed by atoms with E-state index in [4.69, 9.17) is 0 Å². The Labute approximate surface area is 162 Å². The van der Waals surface area contributed by atoms with E-state index in [2.05, 4.69) is 35.6 Å². The first kappa shape index (κ1) is 19.0. The highest BCUT2D eigenvalue weighted by Crippen LogP contribution is 2.29. The van der Waals surface area contributed by atoms with Crippen LogP contribution in [0.4, 0.5) is 35.1 Å². The number of nitrogens with one attached hydrogen (secondary N) is 2. The van der Waals surface area contributed by atoms with Crippen molar-refractivity contribution in [3.63, 3.8) is 0 Å². The third-order valence-corrected chi connectivity index (χ3v) is 4.33. The molecular formula is C18H15F4N7. The number of nitrogens with zero attached hydrogens (tertiary/aromatic N) is 5. The molecule has 0 aromatic carbocycles. The molecule has 0 aliphatic heterocycles. The smallest absolute Gasteiger partial charge is 0.351 e. The van der Waals surface area contributed by atoms with E-state index in [9.17, 15) is 17.6 Å².